The second kappa shape index (κ2) is 3.72. The van der Waals surface area contributed by atoms with Gasteiger partial charge in [0.15, 0.2) is 5.58 Å². The molecule has 1 aromatic heterocycles. The molecule has 2 aromatic rings. The Morgan fingerprint density at radius 3 is 2.83 bits per heavy atom. The van der Waals surface area contributed by atoms with Crippen LogP contribution in [0.15, 0.2) is 22.6 Å². The van der Waals surface area contributed by atoms with E-state index in [1.54, 1.807) is 0 Å². The molecule has 4 heteroatoms. The van der Waals surface area contributed by atoms with Gasteiger partial charge in [0.05, 0.1) is 10.9 Å². The molecule has 0 spiro atoms. The molecule has 0 saturated heterocycles. The van der Waals surface area contributed by atoms with Crippen LogP contribution < -0.4 is 5.73 Å². The van der Waals surface area contributed by atoms with E-state index in [0.717, 1.165) is 11.4 Å². The summed E-state index contributed by atoms with van der Waals surface area (Å²) in [6, 6.07) is 5.88. The largest absolute Gasteiger partial charge is 0.439 e. The lowest BCUT2D eigenvalue weighted by molar-refractivity contribution is 0.317. The van der Waals surface area contributed by atoms with Crippen molar-refractivity contribution in [3.8, 4) is 0 Å². The first-order valence-corrected chi connectivity index (χ1v) is 6.92. The Labute approximate surface area is 110 Å². The van der Waals surface area contributed by atoms with Crippen molar-refractivity contribution in [3.05, 3.63) is 29.1 Å². The van der Waals surface area contributed by atoms with Gasteiger partial charge in [-0.05, 0) is 43.2 Å². The van der Waals surface area contributed by atoms with Gasteiger partial charge in [0, 0.05) is 6.04 Å². The predicted octanol–water partition coefficient (Wildman–Crippen LogP) is 3.32. The van der Waals surface area contributed by atoms with Crippen LogP contribution in [0, 0.1) is 11.8 Å². The zero-order valence-corrected chi connectivity index (χ0v) is 10.7. The monoisotopic (exact) mass is 262 g/mol. The van der Waals surface area contributed by atoms with E-state index in [1.807, 2.05) is 18.2 Å². The van der Waals surface area contributed by atoms with Gasteiger partial charge < -0.3 is 10.2 Å². The van der Waals surface area contributed by atoms with Crippen LogP contribution >= 0.6 is 11.6 Å². The predicted molar refractivity (Wildman–Crippen MR) is 70.6 cm³/mol. The third-order valence-corrected chi connectivity index (χ3v) is 4.95. The third-order valence-electron chi connectivity index (χ3n) is 4.65. The van der Waals surface area contributed by atoms with E-state index >= 15 is 0 Å². The second-order valence-electron chi connectivity index (χ2n) is 5.58. The van der Waals surface area contributed by atoms with Gasteiger partial charge in [-0.3, -0.25) is 0 Å². The molecule has 1 aromatic carbocycles. The van der Waals surface area contributed by atoms with Gasteiger partial charge in [-0.25, -0.2) is 4.98 Å². The summed E-state index contributed by atoms with van der Waals surface area (Å²) in [4.78, 5) is 4.59. The first kappa shape index (κ1) is 10.8. The number of hydrogen-bond acceptors (Lipinski definition) is 3. The van der Waals surface area contributed by atoms with Gasteiger partial charge >= 0.3 is 0 Å². The van der Waals surface area contributed by atoms with Gasteiger partial charge in [0.25, 0.3) is 0 Å². The maximum atomic E-state index is 6.32. The highest BCUT2D eigenvalue weighted by Crippen LogP contribution is 2.52. The van der Waals surface area contributed by atoms with Crippen molar-refractivity contribution in [2.75, 3.05) is 0 Å². The molecule has 1 heterocycles. The molecule has 3 nitrogen and oxygen atoms in total. The Hall–Kier alpha value is -1.06. The van der Waals surface area contributed by atoms with Gasteiger partial charge in [0.1, 0.15) is 5.52 Å². The van der Waals surface area contributed by atoms with Gasteiger partial charge in [-0.2, -0.15) is 0 Å². The number of fused-ring (bicyclic) bond motifs is 3. The molecule has 2 aliphatic rings. The van der Waals surface area contributed by atoms with E-state index < -0.39 is 0 Å². The maximum Gasteiger partial charge on any atom is 0.200 e. The Kier molecular flexibility index (Phi) is 2.24. The number of oxazole rings is 1. The standard InChI is InChI=1S/C14H15ClN2O/c15-9-2-1-3-10-13(9)18-14(17-10)11-7-4-5-8(6-7)12(11)16/h1-3,7-8,11-12H,4-6,16H2. The van der Waals surface area contributed by atoms with Gasteiger partial charge in [0.2, 0.25) is 5.89 Å². The van der Waals surface area contributed by atoms with E-state index in [4.69, 9.17) is 21.8 Å². The lowest BCUT2D eigenvalue weighted by atomic mass is 9.85. The number of para-hydroxylation sites is 1. The summed E-state index contributed by atoms with van der Waals surface area (Å²) in [6.45, 7) is 0. The molecular formula is C14H15ClN2O. The van der Waals surface area contributed by atoms with Crippen molar-refractivity contribution < 1.29 is 4.42 Å². The van der Waals surface area contributed by atoms with Crippen LogP contribution in [-0.4, -0.2) is 11.0 Å². The topological polar surface area (TPSA) is 52.0 Å². The molecule has 18 heavy (non-hydrogen) atoms. The quantitative estimate of drug-likeness (QED) is 0.858. The van der Waals surface area contributed by atoms with Crippen molar-refractivity contribution in [3.63, 3.8) is 0 Å². The molecule has 2 N–H and O–H groups in total. The fraction of sp³-hybridized carbons (Fsp3) is 0.500. The van der Waals surface area contributed by atoms with Crippen molar-refractivity contribution in [1.29, 1.82) is 0 Å². The van der Waals surface area contributed by atoms with Crippen LogP contribution in [0.5, 0.6) is 0 Å². The molecule has 94 valence electrons. The van der Waals surface area contributed by atoms with Crippen molar-refractivity contribution in [2.24, 2.45) is 17.6 Å². The van der Waals surface area contributed by atoms with Crippen LogP contribution in [0.2, 0.25) is 5.02 Å². The van der Waals surface area contributed by atoms with E-state index in [0.29, 0.717) is 22.4 Å². The van der Waals surface area contributed by atoms with Crippen LogP contribution in [0.1, 0.15) is 31.1 Å². The number of aromatic nitrogens is 1. The average Bonchev–Trinajstić information content (AvgIpc) is 3.01. The van der Waals surface area contributed by atoms with Crippen LogP contribution in [-0.2, 0) is 0 Å². The van der Waals surface area contributed by atoms with Crippen molar-refractivity contribution in [1.82, 2.24) is 4.98 Å². The first-order valence-electron chi connectivity index (χ1n) is 6.54. The lowest BCUT2D eigenvalue weighted by Crippen LogP contribution is -2.34. The maximum absolute atomic E-state index is 6.32. The Morgan fingerprint density at radius 2 is 2.11 bits per heavy atom. The number of nitrogens with zero attached hydrogens (tertiary/aromatic N) is 1. The Morgan fingerprint density at radius 1 is 1.28 bits per heavy atom. The number of benzene rings is 1. The number of nitrogens with two attached hydrogens (primary N) is 1. The van der Waals surface area contributed by atoms with E-state index in [9.17, 15) is 0 Å². The molecule has 2 fully saturated rings. The lowest BCUT2D eigenvalue weighted by Gasteiger charge is -2.25. The highest BCUT2D eigenvalue weighted by Gasteiger charge is 2.48. The normalized spacial score (nSPS) is 34.6. The molecular weight excluding hydrogens is 248 g/mol. The van der Waals surface area contributed by atoms with Crippen LogP contribution in [0.3, 0.4) is 0 Å². The Balaban J connectivity index is 1.81. The fourth-order valence-electron chi connectivity index (χ4n) is 3.78. The summed E-state index contributed by atoms with van der Waals surface area (Å²) in [5.74, 6) is 2.38. The average molecular weight is 263 g/mol. The zero-order chi connectivity index (χ0) is 12.3. The highest BCUT2D eigenvalue weighted by molar-refractivity contribution is 6.34. The molecule has 4 unspecified atom stereocenters. The number of rotatable bonds is 1. The summed E-state index contributed by atoms with van der Waals surface area (Å²) in [7, 11) is 0. The van der Waals surface area contributed by atoms with Gasteiger partial charge in [-0.15, -0.1) is 0 Å². The Bertz CT molecular complexity index is 607. The van der Waals surface area contributed by atoms with E-state index in [1.165, 1.54) is 19.3 Å². The molecule has 4 atom stereocenters. The molecule has 0 amide bonds. The molecule has 0 aliphatic heterocycles. The summed E-state index contributed by atoms with van der Waals surface area (Å²) in [5, 5.41) is 0.628. The van der Waals surface area contributed by atoms with E-state index in [2.05, 4.69) is 4.98 Å². The summed E-state index contributed by atoms with van der Waals surface area (Å²) >= 11 is 6.13. The smallest absolute Gasteiger partial charge is 0.200 e. The van der Waals surface area contributed by atoms with Crippen LogP contribution in [0.25, 0.3) is 11.1 Å². The molecule has 4 rings (SSSR count). The minimum Gasteiger partial charge on any atom is -0.439 e. The molecule has 2 aliphatic carbocycles. The second-order valence-corrected chi connectivity index (χ2v) is 5.98. The number of hydrogen-bond donors (Lipinski definition) is 1. The van der Waals surface area contributed by atoms with Crippen molar-refractivity contribution in [2.45, 2.75) is 31.2 Å². The SMILES string of the molecule is NC1C2CCC(C2)C1c1nc2cccc(Cl)c2o1. The summed E-state index contributed by atoms with van der Waals surface area (Å²) in [6.07, 6.45) is 3.76. The number of halogens is 1. The molecule has 2 saturated carbocycles. The van der Waals surface area contributed by atoms with Crippen molar-refractivity contribution >= 4 is 22.7 Å². The summed E-state index contributed by atoms with van der Waals surface area (Å²) < 4.78 is 5.88. The molecule has 0 radical (unpaired) electrons. The zero-order valence-electron chi connectivity index (χ0n) is 9.97. The third kappa shape index (κ3) is 1.38. The summed E-state index contributed by atoms with van der Waals surface area (Å²) in [5.41, 5.74) is 7.86. The first-order chi connectivity index (χ1) is 8.74. The van der Waals surface area contributed by atoms with E-state index in [-0.39, 0.29) is 12.0 Å². The van der Waals surface area contributed by atoms with Crippen LogP contribution in [0.4, 0.5) is 0 Å². The highest BCUT2D eigenvalue weighted by atomic mass is 35.5. The van der Waals surface area contributed by atoms with Gasteiger partial charge in [-0.1, -0.05) is 17.7 Å². The fourth-order valence-corrected chi connectivity index (χ4v) is 3.99. The minimum absolute atomic E-state index is 0.204. The molecule has 2 bridgehead atoms. The minimum atomic E-state index is 0.204.